The maximum atomic E-state index is 12.6. The van der Waals surface area contributed by atoms with Crippen LogP contribution in [-0.4, -0.2) is 31.5 Å². The third kappa shape index (κ3) is 6.83. The number of nitrogens with two attached hydrogens (primary N) is 1. The second kappa shape index (κ2) is 11.5. The molecule has 2 amide bonds. The predicted octanol–water partition coefficient (Wildman–Crippen LogP) is 2.20. The molecular weight excluding hydrogens is 460 g/mol. The van der Waals surface area contributed by atoms with Gasteiger partial charge in [-0.25, -0.2) is 4.79 Å². The number of rotatable bonds is 9. The molecule has 0 aliphatic carbocycles. The number of ether oxygens (including phenoxy) is 1. The van der Waals surface area contributed by atoms with E-state index < -0.39 is 6.09 Å². The Kier molecular flexibility index (Phi) is 7.76. The standard InChI is InChI=1S/C26H24N6O4/c27-26(35)36-17-23-7-5-19(13-30-23)14-31-25(34)21-10-20(11-28-15-21)9-18-4-6-22(29-12-18)16-32-8-2-1-3-24(32)33/h1-8,10-13,15H,9,14,16-17H2,(H2,27,35)(H,31,34). The number of nitrogens with zero attached hydrogens (tertiary/aromatic N) is 4. The highest BCUT2D eigenvalue weighted by Crippen LogP contribution is 2.11. The van der Waals surface area contributed by atoms with Crippen LogP contribution in [0.5, 0.6) is 0 Å². The summed E-state index contributed by atoms with van der Waals surface area (Å²) in [4.78, 5) is 48.0. The fourth-order valence-electron chi connectivity index (χ4n) is 3.44. The highest BCUT2D eigenvalue weighted by Gasteiger charge is 2.09. The lowest BCUT2D eigenvalue weighted by atomic mass is 10.1. The Bertz CT molecular complexity index is 1400. The van der Waals surface area contributed by atoms with Gasteiger partial charge in [0.05, 0.1) is 23.5 Å². The summed E-state index contributed by atoms with van der Waals surface area (Å²) in [6.07, 6.45) is 8.02. The highest BCUT2D eigenvalue weighted by molar-refractivity contribution is 5.94. The van der Waals surface area contributed by atoms with Gasteiger partial charge in [-0.15, -0.1) is 0 Å². The van der Waals surface area contributed by atoms with Crippen molar-refractivity contribution in [3.05, 3.63) is 124 Å². The van der Waals surface area contributed by atoms with Crippen LogP contribution in [0.15, 0.2) is 84.3 Å². The first-order valence-electron chi connectivity index (χ1n) is 11.1. The Morgan fingerprint density at radius 1 is 0.917 bits per heavy atom. The summed E-state index contributed by atoms with van der Waals surface area (Å²) in [5.41, 5.74) is 9.27. The quantitative estimate of drug-likeness (QED) is 0.371. The minimum absolute atomic E-state index is 0.00819. The van der Waals surface area contributed by atoms with E-state index in [1.807, 2.05) is 18.2 Å². The Hall–Kier alpha value is -4.86. The Labute approximate surface area is 206 Å². The van der Waals surface area contributed by atoms with Crippen molar-refractivity contribution >= 4 is 12.0 Å². The molecule has 0 atom stereocenters. The summed E-state index contributed by atoms with van der Waals surface area (Å²) in [5, 5.41) is 2.85. The van der Waals surface area contributed by atoms with Crippen molar-refractivity contribution in [2.45, 2.75) is 26.1 Å². The normalized spacial score (nSPS) is 10.6. The first-order valence-corrected chi connectivity index (χ1v) is 11.1. The van der Waals surface area contributed by atoms with E-state index in [-0.39, 0.29) is 24.6 Å². The molecule has 0 spiro atoms. The first-order chi connectivity index (χ1) is 17.5. The van der Waals surface area contributed by atoms with Crippen LogP contribution in [0.25, 0.3) is 0 Å². The Balaban J connectivity index is 1.32. The number of hydrogen-bond donors (Lipinski definition) is 2. The molecule has 10 nitrogen and oxygen atoms in total. The molecule has 0 unspecified atom stereocenters. The maximum Gasteiger partial charge on any atom is 0.404 e. The van der Waals surface area contributed by atoms with Gasteiger partial charge in [-0.2, -0.15) is 0 Å². The molecule has 0 aromatic carbocycles. The molecule has 0 aliphatic heterocycles. The second-order valence-corrected chi connectivity index (χ2v) is 8.03. The van der Waals surface area contributed by atoms with Crippen molar-refractivity contribution in [3.8, 4) is 0 Å². The van der Waals surface area contributed by atoms with Crippen molar-refractivity contribution < 1.29 is 14.3 Å². The van der Waals surface area contributed by atoms with Gasteiger partial charge in [0, 0.05) is 50.0 Å². The topological polar surface area (TPSA) is 142 Å². The summed E-state index contributed by atoms with van der Waals surface area (Å²) in [6.45, 7) is 0.672. The number of pyridine rings is 4. The molecule has 4 rings (SSSR count). The molecule has 0 fully saturated rings. The summed E-state index contributed by atoms with van der Waals surface area (Å²) in [6, 6.07) is 14.1. The molecule has 0 radical (unpaired) electrons. The molecule has 4 aromatic rings. The molecule has 4 heterocycles. The molecule has 3 N–H and O–H groups in total. The molecule has 0 aliphatic rings. The smallest absolute Gasteiger partial charge is 0.404 e. The van der Waals surface area contributed by atoms with Crippen LogP contribution in [0.4, 0.5) is 4.79 Å². The summed E-state index contributed by atoms with van der Waals surface area (Å²) in [7, 11) is 0. The summed E-state index contributed by atoms with van der Waals surface area (Å²) in [5.74, 6) is -0.257. The fraction of sp³-hybridized carbons (Fsp3) is 0.154. The van der Waals surface area contributed by atoms with Crippen LogP contribution in [0, 0.1) is 0 Å². The molecule has 0 saturated carbocycles. The fourth-order valence-corrected chi connectivity index (χ4v) is 3.44. The van der Waals surface area contributed by atoms with Gasteiger partial charge in [-0.1, -0.05) is 18.2 Å². The van der Waals surface area contributed by atoms with Gasteiger partial charge in [0.15, 0.2) is 0 Å². The van der Waals surface area contributed by atoms with E-state index in [1.54, 1.807) is 53.6 Å². The molecule has 36 heavy (non-hydrogen) atoms. The zero-order chi connectivity index (χ0) is 25.3. The van der Waals surface area contributed by atoms with Gasteiger partial charge >= 0.3 is 6.09 Å². The monoisotopic (exact) mass is 484 g/mol. The highest BCUT2D eigenvalue weighted by atomic mass is 16.5. The number of aromatic nitrogens is 4. The number of nitrogens with one attached hydrogen (secondary N) is 1. The van der Waals surface area contributed by atoms with Crippen LogP contribution in [0.3, 0.4) is 0 Å². The first kappa shape index (κ1) is 24.3. The predicted molar refractivity (Wildman–Crippen MR) is 131 cm³/mol. The van der Waals surface area contributed by atoms with E-state index in [4.69, 9.17) is 10.5 Å². The van der Waals surface area contributed by atoms with Gasteiger partial charge in [0.25, 0.3) is 11.5 Å². The molecule has 10 heteroatoms. The maximum absolute atomic E-state index is 12.6. The molecule has 0 bridgehead atoms. The van der Waals surface area contributed by atoms with E-state index in [2.05, 4.69) is 20.3 Å². The number of hydrogen-bond acceptors (Lipinski definition) is 7. The van der Waals surface area contributed by atoms with Gasteiger partial charge in [0.1, 0.15) is 6.61 Å². The average molecular weight is 485 g/mol. The molecular formula is C26H24N6O4. The van der Waals surface area contributed by atoms with Crippen molar-refractivity contribution in [3.63, 3.8) is 0 Å². The van der Waals surface area contributed by atoms with Crippen LogP contribution >= 0.6 is 0 Å². The number of primary amides is 1. The third-order valence-corrected chi connectivity index (χ3v) is 5.28. The van der Waals surface area contributed by atoms with Gasteiger partial charge < -0.3 is 20.4 Å². The van der Waals surface area contributed by atoms with E-state index >= 15 is 0 Å². The zero-order valence-electron chi connectivity index (χ0n) is 19.3. The summed E-state index contributed by atoms with van der Waals surface area (Å²) >= 11 is 0. The Morgan fingerprint density at radius 2 is 1.69 bits per heavy atom. The largest absolute Gasteiger partial charge is 0.443 e. The Morgan fingerprint density at radius 3 is 2.42 bits per heavy atom. The molecule has 4 aromatic heterocycles. The van der Waals surface area contributed by atoms with Crippen LogP contribution in [-0.2, 0) is 30.9 Å². The SMILES string of the molecule is NC(=O)OCc1ccc(CNC(=O)c2cncc(Cc3ccc(Cn4ccccc4=O)nc3)c2)cn1. The lowest BCUT2D eigenvalue weighted by Crippen LogP contribution is -2.23. The number of carbonyl (C=O) groups is 2. The lowest BCUT2D eigenvalue weighted by Gasteiger charge is -2.08. The van der Waals surface area contributed by atoms with Crippen molar-refractivity contribution in [1.29, 1.82) is 0 Å². The van der Waals surface area contributed by atoms with Crippen LogP contribution < -0.4 is 16.6 Å². The van der Waals surface area contributed by atoms with Crippen molar-refractivity contribution in [2.24, 2.45) is 5.73 Å². The second-order valence-electron chi connectivity index (χ2n) is 8.03. The van der Waals surface area contributed by atoms with E-state index in [1.165, 1.54) is 12.3 Å². The van der Waals surface area contributed by atoms with E-state index in [9.17, 15) is 14.4 Å². The van der Waals surface area contributed by atoms with Crippen LogP contribution in [0.1, 0.15) is 38.4 Å². The lowest BCUT2D eigenvalue weighted by molar-refractivity contribution is 0.0950. The minimum Gasteiger partial charge on any atom is -0.443 e. The van der Waals surface area contributed by atoms with E-state index in [0.717, 1.165) is 22.4 Å². The zero-order valence-corrected chi connectivity index (χ0v) is 19.3. The molecule has 0 saturated heterocycles. The van der Waals surface area contributed by atoms with Gasteiger partial charge in [0.2, 0.25) is 0 Å². The van der Waals surface area contributed by atoms with Gasteiger partial charge in [-0.05, 0) is 41.0 Å². The minimum atomic E-state index is -0.863. The average Bonchev–Trinajstić information content (AvgIpc) is 2.89. The van der Waals surface area contributed by atoms with Crippen molar-refractivity contribution in [1.82, 2.24) is 24.8 Å². The number of amides is 2. The third-order valence-electron chi connectivity index (χ3n) is 5.28. The van der Waals surface area contributed by atoms with Gasteiger partial charge in [-0.3, -0.25) is 24.5 Å². The van der Waals surface area contributed by atoms with E-state index in [0.29, 0.717) is 24.2 Å². The summed E-state index contributed by atoms with van der Waals surface area (Å²) < 4.78 is 6.29. The number of carbonyl (C=O) groups excluding carboxylic acids is 2. The van der Waals surface area contributed by atoms with Crippen molar-refractivity contribution in [2.75, 3.05) is 0 Å². The van der Waals surface area contributed by atoms with Crippen LogP contribution in [0.2, 0.25) is 0 Å². The molecule has 182 valence electrons.